The van der Waals surface area contributed by atoms with Gasteiger partial charge in [0.05, 0.1) is 17.9 Å². The summed E-state index contributed by atoms with van der Waals surface area (Å²) in [6.07, 6.45) is 7.42. The number of aryl methyl sites for hydroxylation is 1. The average Bonchev–Trinajstić information content (AvgIpc) is 3.34. The molecule has 170 valence electrons. The fourth-order valence-electron chi connectivity index (χ4n) is 4.51. The van der Waals surface area contributed by atoms with Crippen LogP contribution in [0, 0.1) is 12.3 Å². The summed E-state index contributed by atoms with van der Waals surface area (Å²) in [5.41, 5.74) is 6.02. The standard InChI is InChI=1S/C25H34N6O/c1-17-7-6-8-18(13-17)22(10-12-30(4)5)31-16-19(15-26-31)27-24(32)23-20-9-11-25(2,3)14-21(20)28-29-23/h6-8,13,15-16,22H,9-12,14H2,1-5H3,(H,27,32)(H,28,29). The first-order valence-electron chi connectivity index (χ1n) is 11.3. The second-order valence-corrected chi connectivity index (χ2v) is 10.1. The van der Waals surface area contributed by atoms with Crippen LogP contribution in [0.1, 0.15) is 65.6 Å². The van der Waals surface area contributed by atoms with Crippen LogP contribution in [-0.2, 0) is 12.8 Å². The van der Waals surface area contributed by atoms with Crippen LogP contribution in [0.5, 0.6) is 0 Å². The maximum Gasteiger partial charge on any atom is 0.276 e. The average molecular weight is 435 g/mol. The number of benzene rings is 1. The van der Waals surface area contributed by atoms with Gasteiger partial charge in [-0.3, -0.25) is 14.6 Å². The van der Waals surface area contributed by atoms with Gasteiger partial charge in [0.2, 0.25) is 0 Å². The number of amides is 1. The second kappa shape index (κ2) is 8.90. The monoisotopic (exact) mass is 434 g/mol. The van der Waals surface area contributed by atoms with E-state index < -0.39 is 0 Å². The molecule has 0 bridgehead atoms. The van der Waals surface area contributed by atoms with Gasteiger partial charge in [-0.1, -0.05) is 43.7 Å². The van der Waals surface area contributed by atoms with E-state index in [2.05, 4.69) is 84.6 Å². The van der Waals surface area contributed by atoms with E-state index in [4.69, 9.17) is 0 Å². The van der Waals surface area contributed by atoms with E-state index in [1.54, 1.807) is 6.20 Å². The van der Waals surface area contributed by atoms with Gasteiger partial charge in [-0.2, -0.15) is 10.2 Å². The predicted octanol–water partition coefficient (Wildman–Crippen LogP) is 4.22. The molecule has 3 aromatic rings. The van der Waals surface area contributed by atoms with E-state index in [1.165, 1.54) is 11.1 Å². The van der Waals surface area contributed by atoms with Crippen molar-refractivity contribution >= 4 is 11.6 Å². The van der Waals surface area contributed by atoms with Crippen LogP contribution in [0.15, 0.2) is 36.7 Å². The Morgan fingerprint density at radius 3 is 2.91 bits per heavy atom. The number of carbonyl (C=O) groups excluding carboxylic acids is 1. The molecule has 0 aliphatic heterocycles. The molecule has 1 aliphatic rings. The van der Waals surface area contributed by atoms with Gasteiger partial charge in [-0.05, 0) is 64.2 Å². The zero-order valence-corrected chi connectivity index (χ0v) is 19.8. The Morgan fingerprint density at radius 1 is 1.34 bits per heavy atom. The number of fused-ring (bicyclic) bond motifs is 1. The Balaban J connectivity index is 1.52. The van der Waals surface area contributed by atoms with Crippen molar-refractivity contribution in [2.45, 2.75) is 52.5 Å². The number of nitrogens with zero attached hydrogens (tertiary/aromatic N) is 4. The smallest absolute Gasteiger partial charge is 0.276 e. The molecule has 7 nitrogen and oxygen atoms in total. The summed E-state index contributed by atoms with van der Waals surface area (Å²) >= 11 is 0. The Labute approximate surface area is 190 Å². The number of rotatable bonds is 7. The summed E-state index contributed by atoms with van der Waals surface area (Å²) in [6, 6.07) is 8.64. The lowest BCUT2D eigenvalue weighted by Crippen LogP contribution is -2.23. The molecule has 2 N–H and O–H groups in total. The third kappa shape index (κ3) is 4.93. The lowest BCUT2D eigenvalue weighted by Gasteiger charge is -2.28. The first-order valence-corrected chi connectivity index (χ1v) is 11.3. The van der Waals surface area contributed by atoms with Gasteiger partial charge in [0.15, 0.2) is 5.69 Å². The first-order chi connectivity index (χ1) is 15.2. The molecule has 1 aromatic carbocycles. The molecular formula is C25H34N6O. The summed E-state index contributed by atoms with van der Waals surface area (Å²) in [7, 11) is 4.15. The van der Waals surface area contributed by atoms with Crippen LogP contribution in [-0.4, -0.2) is 51.4 Å². The highest BCUT2D eigenvalue weighted by molar-refractivity contribution is 6.03. The van der Waals surface area contributed by atoms with Crippen molar-refractivity contribution in [1.29, 1.82) is 0 Å². The Hall–Kier alpha value is -2.93. The van der Waals surface area contributed by atoms with Gasteiger partial charge >= 0.3 is 0 Å². The minimum Gasteiger partial charge on any atom is -0.318 e. The highest BCUT2D eigenvalue weighted by atomic mass is 16.2. The molecule has 0 radical (unpaired) electrons. The molecule has 0 saturated carbocycles. The van der Waals surface area contributed by atoms with E-state index in [0.29, 0.717) is 11.4 Å². The minimum atomic E-state index is -0.179. The SMILES string of the molecule is Cc1cccc(C(CCN(C)C)n2cc(NC(=O)c3n[nH]c4c3CCC(C)(C)C4)cn2)c1. The molecule has 7 heteroatoms. The van der Waals surface area contributed by atoms with Crippen molar-refractivity contribution in [2.75, 3.05) is 26.0 Å². The van der Waals surface area contributed by atoms with E-state index in [1.807, 2.05) is 10.9 Å². The zero-order valence-electron chi connectivity index (χ0n) is 19.8. The second-order valence-electron chi connectivity index (χ2n) is 10.1. The Kier molecular flexibility index (Phi) is 6.20. The molecule has 2 heterocycles. The molecule has 4 rings (SSSR count). The number of anilines is 1. The number of carbonyl (C=O) groups is 1. The Morgan fingerprint density at radius 2 is 2.16 bits per heavy atom. The molecule has 1 amide bonds. The largest absolute Gasteiger partial charge is 0.318 e. The summed E-state index contributed by atoms with van der Waals surface area (Å²) in [5, 5.41) is 15.0. The van der Waals surface area contributed by atoms with Crippen LogP contribution in [0.4, 0.5) is 5.69 Å². The molecule has 1 atom stereocenters. The molecule has 32 heavy (non-hydrogen) atoms. The summed E-state index contributed by atoms with van der Waals surface area (Å²) in [5.74, 6) is -0.179. The van der Waals surface area contributed by atoms with E-state index in [-0.39, 0.29) is 17.4 Å². The number of aromatic nitrogens is 4. The lowest BCUT2D eigenvalue weighted by molar-refractivity contribution is 0.102. The quantitative estimate of drug-likeness (QED) is 0.583. The molecule has 0 fully saturated rings. The maximum absolute atomic E-state index is 13.0. The molecule has 1 unspecified atom stereocenters. The van der Waals surface area contributed by atoms with Crippen molar-refractivity contribution in [3.63, 3.8) is 0 Å². The number of H-pyrrole nitrogens is 1. The van der Waals surface area contributed by atoms with E-state index in [0.717, 1.165) is 43.5 Å². The van der Waals surface area contributed by atoms with Gasteiger partial charge in [0.25, 0.3) is 5.91 Å². The number of hydrogen-bond donors (Lipinski definition) is 2. The summed E-state index contributed by atoms with van der Waals surface area (Å²) < 4.78 is 1.95. The molecular weight excluding hydrogens is 400 g/mol. The van der Waals surface area contributed by atoms with Crippen LogP contribution in [0.25, 0.3) is 0 Å². The van der Waals surface area contributed by atoms with Crippen LogP contribution in [0.2, 0.25) is 0 Å². The molecule has 0 spiro atoms. The van der Waals surface area contributed by atoms with Gasteiger partial charge < -0.3 is 10.2 Å². The molecule has 2 aromatic heterocycles. The summed E-state index contributed by atoms with van der Waals surface area (Å²) in [6.45, 7) is 7.56. The van der Waals surface area contributed by atoms with E-state index >= 15 is 0 Å². The fraction of sp³-hybridized carbons (Fsp3) is 0.480. The highest BCUT2D eigenvalue weighted by Crippen LogP contribution is 2.35. The predicted molar refractivity (Wildman–Crippen MR) is 127 cm³/mol. The number of hydrogen-bond acceptors (Lipinski definition) is 4. The van der Waals surface area contributed by atoms with Crippen molar-refractivity contribution in [1.82, 2.24) is 24.9 Å². The maximum atomic E-state index is 13.0. The summed E-state index contributed by atoms with van der Waals surface area (Å²) in [4.78, 5) is 15.2. The van der Waals surface area contributed by atoms with Gasteiger partial charge in [0.1, 0.15) is 0 Å². The highest BCUT2D eigenvalue weighted by Gasteiger charge is 2.30. The topological polar surface area (TPSA) is 78.8 Å². The Bertz CT molecular complexity index is 1090. The van der Waals surface area contributed by atoms with Crippen molar-refractivity contribution in [3.05, 3.63) is 64.7 Å². The van der Waals surface area contributed by atoms with Crippen LogP contribution < -0.4 is 5.32 Å². The van der Waals surface area contributed by atoms with Gasteiger partial charge in [-0.25, -0.2) is 0 Å². The van der Waals surface area contributed by atoms with E-state index in [9.17, 15) is 4.79 Å². The normalized spacial score (nSPS) is 16.1. The third-order valence-electron chi connectivity index (χ3n) is 6.33. The van der Waals surface area contributed by atoms with Crippen LogP contribution in [0.3, 0.4) is 0 Å². The van der Waals surface area contributed by atoms with Gasteiger partial charge in [0, 0.05) is 17.5 Å². The molecule has 0 saturated heterocycles. The van der Waals surface area contributed by atoms with Crippen molar-refractivity contribution in [2.24, 2.45) is 5.41 Å². The van der Waals surface area contributed by atoms with Crippen molar-refractivity contribution in [3.8, 4) is 0 Å². The zero-order chi connectivity index (χ0) is 22.9. The lowest BCUT2D eigenvalue weighted by atomic mass is 9.76. The van der Waals surface area contributed by atoms with Crippen molar-refractivity contribution < 1.29 is 4.79 Å². The van der Waals surface area contributed by atoms with Crippen LogP contribution >= 0.6 is 0 Å². The minimum absolute atomic E-state index is 0.100. The van der Waals surface area contributed by atoms with Gasteiger partial charge in [-0.15, -0.1) is 0 Å². The first kappa shape index (κ1) is 22.3. The molecule has 1 aliphatic carbocycles. The number of nitrogens with one attached hydrogen (secondary N) is 2. The third-order valence-corrected chi connectivity index (χ3v) is 6.33. The number of aromatic amines is 1. The fourth-order valence-corrected chi connectivity index (χ4v) is 4.51.